The van der Waals surface area contributed by atoms with E-state index in [9.17, 15) is 0 Å². The van der Waals surface area contributed by atoms with Crippen LogP contribution in [0.1, 0.15) is 60.1 Å². The summed E-state index contributed by atoms with van der Waals surface area (Å²) in [6, 6.07) is 26.3. The SMILES string of the molecule is C=C1/C=C\C=C/CC(c2ccccc2-c2ccccc2C)C2/C=C\C/C=C(/N(c3ncc(C)c(/C=C\C)n3)c3ccccc3C)C1C2. The van der Waals surface area contributed by atoms with Gasteiger partial charge in [-0.1, -0.05) is 122 Å². The number of aromatic nitrogens is 2. The molecule has 2 aliphatic carbocycles. The first-order chi connectivity index (χ1) is 23.0. The lowest BCUT2D eigenvalue weighted by Gasteiger charge is -2.37. The fourth-order valence-corrected chi connectivity index (χ4v) is 7.07. The van der Waals surface area contributed by atoms with Gasteiger partial charge in [0.05, 0.1) is 11.4 Å². The zero-order chi connectivity index (χ0) is 32.8. The molecule has 0 aliphatic heterocycles. The molecule has 3 heteroatoms. The van der Waals surface area contributed by atoms with Crippen molar-refractivity contribution in [3.8, 4) is 11.1 Å². The van der Waals surface area contributed by atoms with Crippen LogP contribution in [-0.4, -0.2) is 9.97 Å². The average molecular weight is 616 g/mol. The molecule has 0 amide bonds. The molecule has 3 unspecified atom stereocenters. The molecule has 3 aromatic carbocycles. The lowest BCUT2D eigenvalue weighted by Crippen LogP contribution is -2.29. The predicted molar refractivity (Wildman–Crippen MR) is 200 cm³/mol. The van der Waals surface area contributed by atoms with Crippen LogP contribution >= 0.6 is 0 Å². The summed E-state index contributed by atoms with van der Waals surface area (Å²) < 4.78 is 0. The minimum Gasteiger partial charge on any atom is -0.282 e. The first kappa shape index (κ1) is 31.9. The van der Waals surface area contributed by atoms with Crippen LogP contribution in [0.3, 0.4) is 0 Å². The van der Waals surface area contributed by atoms with Crippen LogP contribution in [-0.2, 0) is 0 Å². The highest BCUT2D eigenvalue weighted by atomic mass is 15.3. The molecule has 2 aliphatic rings. The first-order valence-corrected chi connectivity index (χ1v) is 16.8. The molecular weight excluding hydrogens is 571 g/mol. The highest BCUT2D eigenvalue weighted by Gasteiger charge is 2.33. The van der Waals surface area contributed by atoms with Crippen molar-refractivity contribution in [3.63, 3.8) is 0 Å². The van der Waals surface area contributed by atoms with Crippen molar-refractivity contribution in [2.75, 3.05) is 4.90 Å². The van der Waals surface area contributed by atoms with Gasteiger partial charge < -0.3 is 0 Å². The molecule has 1 aromatic heterocycles. The summed E-state index contributed by atoms with van der Waals surface area (Å²) >= 11 is 0. The lowest BCUT2D eigenvalue weighted by molar-refractivity contribution is 0.428. The Morgan fingerprint density at radius 3 is 2.36 bits per heavy atom. The Kier molecular flexibility index (Phi) is 9.92. The van der Waals surface area contributed by atoms with Crippen LogP contribution in [0.2, 0.25) is 0 Å². The summed E-state index contributed by atoms with van der Waals surface area (Å²) in [7, 11) is 0. The van der Waals surface area contributed by atoms with Crippen molar-refractivity contribution in [2.45, 2.75) is 52.9 Å². The van der Waals surface area contributed by atoms with Crippen LogP contribution in [0.4, 0.5) is 11.6 Å². The van der Waals surface area contributed by atoms with E-state index < -0.39 is 0 Å². The maximum Gasteiger partial charge on any atom is 0.234 e. The minimum absolute atomic E-state index is 0.0514. The van der Waals surface area contributed by atoms with Crippen molar-refractivity contribution >= 4 is 17.7 Å². The second-order valence-corrected chi connectivity index (χ2v) is 12.7. The van der Waals surface area contributed by atoms with Crippen LogP contribution in [0, 0.1) is 32.6 Å². The van der Waals surface area contributed by atoms with Crippen LogP contribution in [0.25, 0.3) is 17.2 Å². The second kappa shape index (κ2) is 14.6. The van der Waals surface area contributed by atoms with E-state index in [0.717, 1.165) is 41.8 Å². The average Bonchev–Trinajstić information content (AvgIpc) is 3.07. The number of fused-ring (bicyclic) bond motifs is 2. The third-order valence-corrected chi connectivity index (χ3v) is 9.56. The molecule has 3 nitrogen and oxygen atoms in total. The first-order valence-electron chi connectivity index (χ1n) is 16.8. The van der Waals surface area contributed by atoms with Gasteiger partial charge in [-0.15, -0.1) is 0 Å². The Labute approximate surface area is 281 Å². The molecule has 3 atom stereocenters. The largest absolute Gasteiger partial charge is 0.282 e. The molecule has 4 aromatic rings. The maximum absolute atomic E-state index is 5.14. The molecule has 47 heavy (non-hydrogen) atoms. The number of hydrogen-bond acceptors (Lipinski definition) is 3. The molecule has 0 spiro atoms. The summed E-state index contributed by atoms with van der Waals surface area (Å²) in [5, 5.41) is 0. The number of benzene rings is 3. The van der Waals surface area contributed by atoms with E-state index in [4.69, 9.17) is 16.5 Å². The Morgan fingerprint density at radius 1 is 0.830 bits per heavy atom. The van der Waals surface area contributed by atoms with E-state index in [1.54, 1.807) is 0 Å². The number of aryl methyl sites for hydroxylation is 3. The Morgan fingerprint density at radius 2 is 1.57 bits per heavy atom. The quantitative estimate of drug-likeness (QED) is 0.202. The third kappa shape index (κ3) is 6.90. The summed E-state index contributed by atoms with van der Waals surface area (Å²) in [4.78, 5) is 12.4. The molecule has 1 heterocycles. The van der Waals surface area contributed by atoms with E-state index in [1.807, 2.05) is 19.2 Å². The summed E-state index contributed by atoms with van der Waals surface area (Å²) in [6.07, 6.45) is 24.8. The summed E-state index contributed by atoms with van der Waals surface area (Å²) in [5.41, 5.74) is 11.8. The van der Waals surface area contributed by atoms with Crippen molar-refractivity contribution in [3.05, 3.63) is 173 Å². The van der Waals surface area contributed by atoms with Crippen LogP contribution in [0.5, 0.6) is 0 Å². The van der Waals surface area contributed by atoms with E-state index in [-0.39, 0.29) is 11.8 Å². The number of hydrogen-bond donors (Lipinski definition) is 0. The Hall–Kier alpha value is -5.02. The molecule has 2 bridgehead atoms. The van der Waals surface area contributed by atoms with Gasteiger partial charge >= 0.3 is 0 Å². The van der Waals surface area contributed by atoms with E-state index in [1.165, 1.54) is 33.5 Å². The topological polar surface area (TPSA) is 29.0 Å². The lowest BCUT2D eigenvalue weighted by atomic mass is 9.73. The minimum atomic E-state index is 0.0514. The van der Waals surface area contributed by atoms with E-state index in [0.29, 0.717) is 11.9 Å². The van der Waals surface area contributed by atoms with Gasteiger partial charge in [0, 0.05) is 17.8 Å². The Bertz CT molecular complexity index is 1900. The molecule has 0 fully saturated rings. The fraction of sp³-hybridized carbons (Fsp3) is 0.227. The van der Waals surface area contributed by atoms with E-state index in [2.05, 4.69) is 147 Å². The van der Waals surface area contributed by atoms with Crippen molar-refractivity contribution in [2.24, 2.45) is 11.8 Å². The van der Waals surface area contributed by atoms with Crippen LogP contribution < -0.4 is 4.90 Å². The van der Waals surface area contributed by atoms with Gasteiger partial charge in [0.1, 0.15) is 0 Å². The van der Waals surface area contributed by atoms with Crippen molar-refractivity contribution in [1.29, 1.82) is 0 Å². The highest BCUT2D eigenvalue weighted by Crippen LogP contribution is 2.45. The summed E-state index contributed by atoms with van der Waals surface area (Å²) in [5.74, 6) is 1.32. The normalized spacial score (nSPS) is 22.9. The van der Waals surface area contributed by atoms with Gasteiger partial charge in [0.15, 0.2) is 0 Å². The molecule has 6 rings (SSSR count). The molecule has 0 N–H and O–H groups in total. The van der Waals surface area contributed by atoms with Gasteiger partial charge in [0.25, 0.3) is 0 Å². The van der Waals surface area contributed by atoms with Crippen molar-refractivity contribution in [1.82, 2.24) is 9.97 Å². The molecular formula is C44H45N3. The van der Waals surface area contributed by atoms with Gasteiger partial charge in [-0.25, -0.2) is 9.97 Å². The van der Waals surface area contributed by atoms with Crippen molar-refractivity contribution < 1.29 is 0 Å². The molecule has 0 saturated carbocycles. The van der Waals surface area contributed by atoms with Gasteiger partial charge in [-0.05, 0) is 110 Å². The number of anilines is 2. The number of nitrogens with zero attached hydrogens (tertiary/aromatic N) is 3. The predicted octanol–water partition coefficient (Wildman–Crippen LogP) is 11.6. The fourth-order valence-electron chi connectivity index (χ4n) is 7.07. The van der Waals surface area contributed by atoms with Crippen LogP contribution in [0.15, 0.2) is 145 Å². The molecule has 0 radical (unpaired) electrons. The number of para-hydroxylation sites is 1. The zero-order valence-electron chi connectivity index (χ0n) is 28.1. The number of allylic oxidation sites excluding steroid dienone is 9. The standard InChI is InChI=1S/C44H45N3/c1-6-18-41-34(5)30-45-44(46-41)47(42-27-16-11-21-33(42)4)43-28-17-12-22-35-29-40(43)32(3)19-8-7-9-24-37(35)39-26-15-14-25-38(39)36-23-13-10-20-31(36)2/h6-16,18-23,25-28,30,35,37,40H,3,17,24,29H2,1-2,4-5H3/b9-7-,18-6-,19-8-,22-12-,43-28+. The van der Waals surface area contributed by atoms with Gasteiger partial charge in [-0.2, -0.15) is 0 Å². The van der Waals surface area contributed by atoms with Gasteiger partial charge in [-0.3, -0.25) is 4.90 Å². The Balaban J connectivity index is 1.50. The molecule has 236 valence electrons. The second-order valence-electron chi connectivity index (χ2n) is 12.7. The number of rotatable bonds is 6. The monoisotopic (exact) mass is 615 g/mol. The smallest absolute Gasteiger partial charge is 0.234 e. The maximum atomic E-state index is 5.14. The molecule has 0 saturated heterocycles. The summed E-state index contributed by atoms with van der Waals surface area (Å²) in [6.45, 7) is 13.2. The van der Waals surface area contributed by atoms with E-state index >= 15 is 0 Å². The zero-order valence-corrected chi connectivity index (χ0v) is 28.1. The highest BCUT2D eigenvalue weighted by molar-refractivity contribution is 5.72. The van der Waals surface area contributed by atoms with Gasteiger partial charge in [0.2, 0.25) is 5.95 Å². The third-order valence-electron chi connectivity index (χ3n) is 9.56.